The standard InChI is InChI=1S/C26H23FN4OS/c1-32-21-13-7-18(8-14-21)17-31-25(24(29-26(31)33)22-5-2-3-15-28-22)23-6-4-16-30(23)20-11-9-19(27)10-12-20/h2-16,24-25H,17H2,1H3,(H,29,33). The highest BCUT2D eigenvalue weighted by Crippen LogP contribution is 2.40. The molecule has 3 heterocycles. The van der Waals surface area contributed by atoms with Crippen LogP contribution in [0.25, 0.3) is 5.69 Å². The van der Waals surface area contributed by atoms with Crippen molar-refractivity contribution in [3.05, 3.63) is 114 Å². The Balaban J connectivity index is 1.57. The summed E-state index contributed by atoms with van der Waals surface area (Å²) >= 11 is 5.80. The molecule has 4 aromatic rings. The quantitative estimate of drug-likeness (QED) is 0.403. The van der Waals surface area contributed by atoms with Crippen molar-refractivity contribution in [1.82, 2.24) is 19.8 Å². The van der Waals surface area contributed by atoms with Gasteiger partial charge < -0.3 is 19.5 Å². The number of hydrogen-bond acceptors (Lipinski definition) is 3. The van der Waals surface area contributed by atoms with Crippen molar-refractivity contribution in [1.29, 1.82) is 0 Å². The van der Waals surface area contributed by atoms with Crippen molar-refractivity contribution in [2.45, 2.75) is 18.6 Å². The van der Waals surface area contributed by atoms with Crippen molar-refractivity contribution in [2.24, 2.45) is 0 Å². The fourth-order valence-electron chi connectivity index (χ4n) is 4.30. The number of halogens is 1. The molecule has 1 fully saturated rings. The van der Waals surface area contributed by atoms with Crippen molar-refractivity contribution in [3.8, 4) is 11.4 Å². The van der Waals surface area contributed by atoms with Crippen LogP contribution in [0, 0.1) is 5.82 Å². The number of pyridine rings is 1. The van der Waals surface area contributed by atoms with Gasteiger partial charge in [-0.15, -0.1) is 0 Å². The molecule has 0 bridgehead atoms. The summed E-state index contributed by atoms with van der Waals surface area (Å²) in [6.45, 7) is 0.623. The van der Waals surface area contributed by atoms with Gasteiger partial charge in [0, 0.05) is 30.3 Å². The van der Waals surface area contributed by atoms with Crippen LogP contribution in [-0.4, -0.2) is 26.7 Å². The van der Waals surface area contributed by atoms with Crippen LogP contribution in [0.4, 0.5) is 4.39 Å². The third kappa shape index (κ3) is 4.19. The lowest BCUT2D eigenvalue weighted by atomic mass is 10.0. The molecule has 5 nitrogen and oxygen atoms in total. The van der Waals surface area contributed by atoms with E-state index in [1.165, 1.54) is 12.1 Å². The second kappa shape index (κ2) is 9.03. The summed E-state index contributed by atoms with van der Waals surface area (Å²) in [7, 11) is 1.66. The number of hydrogen-bond donors (Lipinski definition) is 1. The number of thiocarbonyl (C=S) groups is 1. The first-order valence-electron chi connectivity index (χ1n) is 10.7. The Hall–Kier alpha value is -3.71. The predicted molar refractivity (Wildman–Crippen MR) is 130 cm³/mol. The smallest absolute Gasteiger partial charge is 0.170 e. The summed E-state index contributed by atoms with van der Waals surface area (Å²) in [5.41, 5.74) is 3.96. The van der Waals surface area contributed by atoms with E-state index in [9.17, 15) is 4.39 Å². The summed E-state index contributed by atoms with van der Waals surface area (Å²) in [5, 5.41) is 4.15. The Labute approximate surface area is 197 Å². The van der Waals surface area contributed by atoms with Crippen LogP contribution in [0.1, 0.15) is 29.0 Å². The zero-order valence-electron chi connectivity index (χ0n) is 18.1. The maximum Gasteiger partial charge on any atom is 0.170 e. The van der Waals surface area contributed by atoms with Gasteiger partial charge in [0.25, 0.3) is 0 Å². The molecule has 33 heavy (non-hydrogen) atoms. The summed E-state index contributed by atoms with van der Waals surface area (Å²) in [6, 6.07) is 24.2. The Morgan fingerprint density at radius 3 is 2.48 bits per heavy atom. The Morgan fingerprint density at radius 2 is 1.79 bits per heavy atom. The molecule has 0 amide bonds. The van der Waals surface area contributed by atoms with Gasteiger partial charge >= 0.3 is 0 Å². The molecule has 1 saturated heterocycles. The van der Waals surface area contributed by atoms with Gasteiger partial charge in [0.05, 0.1) is 24.9 Å². The lowest BCUT2D eigenvalue weighted by molar-refractivity contribution is 0.302. The van der Waals surface area contributed by atoms with E-state index >= 15 is 0 Å². The number of rotatable bonds is 6. The second-order valence-electron chi connectivity index (χ2n) is 7.88. The average Bonchev–Trinajstić information content (AvgIpc) is 3.45. The van der Waals surface area contributed by atoms with Crippen LogP contribution in [0.15, 0.2) is 91.3 Å². The van der Waals surface area contributed by atoms with Crippen LogP contribution in [0.3, 0.4) is 0 Å². The Kier molecular flexibility index (Phi) is 5.79. The topological polar surface area (TPSA) is 42.3 Å². The monoisotopic (exact) mass is 458 g/mol. The number of nitrogens with zero attached hydrogens (tertiary/aromatic N) is 3. The summed E-state index contributed by atoms with van der Waals surface area (Å²) in [4.78, 5) is 6.80. The average molecular weight is 459 g/mol. The van der Waals surface area contributed by atoms with E-state index in [2.05, 4.69) is 25.8 Å². The van der Waals surface area contributed by atoms with Crippen LogP contribution in [0.2, 0.25) is 0 Å². The number of methoxy groups -OCH3 is 1. The molecule has 0 saturated carbocycles. The first-order valence-corrected chi connectivity index (χ1v) is 11.1. The van der Waals surface area contributed by atoms with E-state index in [0.717, 1.165) is 28.4 Å². The van der Waals surface area contributed by atoms with Gasteiger partial charge in [-0.3, -0.25) is 4.98 Å². The lowest BCUT2D eigenvalue weighted by Crippen LogP contribution is -2.30. The van der Waals surface area contributed by atoms with E-state index < -0.39 is 0 Å². The van der Waals surface area contributed by atoms with Gasteiger partial charge in [-0.1, -0.05) is 18.2 Å². The number of ether oxygens (including phenoxy) is 1. The molecular weight excluding hydrogens is 435 g/mol. The second-order valence-corrected chi connectivity index (χ2v) is 8.27. The van der Waals surface area contributed by atoms with E-state index in [-0.39, 0.29) is 17.9 Å². The maximum atomic E-state index is 13.6. The number of aromatic nitrogens is 2. The molecule has 1 aliphatic rings. The van der Waals surface area contributed by atoms with Crippen molar-refractivity contribution in [3.63, 3.8) is 0 Å². The van der Waals surface area contributed by atoms with E-state index in [1.807, 2.05) is 54.7 Å². The number of nitrogens with one attached hydrogen (secondary N) is 1. The Bertz CT molecular complexity index is 1240. The molecule has 2 atom stereocenters. The zero-order valence-corrected chi connectivity index (χ0v) is 18.9. The van der Waals surface area contributed by atoms with Crippen LogP contribution in [-0.2, 0) is 6.54 Å². The fourth-order valence-corrected chi connectivity index (χ4v) is 4.60. The lowest BCUT2D eigenvalue weighted by Gasteiger charge is -2.29. The molecule has 0 radical (unpaired) electrons. The van der Waals surface area contributed by atoms with E-state index in [0.29, 0.717) is 11.7 Å². The van der Waals surface area contributed by atoms with Crippen molar-refractivity contribution >= 4 is 17.3 Å². The van der Waals surface area contributed by atoms with Gasteiger partial charge in [-0.05, 0) is 78.4 Å². The first kappa shape index (κ1) is 21.2. The molecule has 1 aliphatic heterocycles. The molecule has 2 unspecified atom stereocenters. The summed E-state index contributed by atoms with van der Waals surface area (Å²) < 4.78 is 20.9. The van der Waals surface area contributed by atoms with Gasteiger partial charge in [0.15, 0.2) is 5.11 Å². The molecule has 1 N–H and O–H groups in total. The molecule has 0 aliphatic carbocycles. The minimum absolute atomic E-state index is 0.116. The van der Waals surface area contributed by atoms with E-state index in [4.69, 9.17) is 17.0 Å². The normalized spacial score (nSPS) is 17.8. The minimum Gasteiger partial charge on any atom is -0.497 e. The largest absolute Gasteiger partial charge is 0.497 e. The van der Waals surface area contributed by atoms with Crippen LogP contribution < -0.4 is 10.1 Å². The third-order valence-electron chi connectivity index (χ3n) is 5.90. The van der Waals surface area contributed by atoms with Crippen LogP contribution in [0.5, 0.6) is 5.75 Å². The summed E-state index contributed by atoms with van der Waals surface area (Å²) in [6.07, 6.45) is 3.78. The highest BCUT2D eigenvalue weighted by atomic mass is 32.1. The molecule has 166 valence electrons. The predicted octanol–water partition coefficient (Wildman–Crippen LogP) is 5.19. The van der Waals surface area contributed by atoms with Gasteiger partial charge in [0.1, 0.15) is 11.6 Å². The van der Waals surface area contributed by atoms with Gasteiger partial charge in [0.2, 0.25) is 0 Å². The van der Waals surface area contributed by atoms with Crippen LogP contribution >= 0.6 is 12.2 Å². The molecule has 2 aromatic heterocycles. The highest BCUT2D eigenvalue weighted by Gasteiger charge is 2.41. The third-order valence-corrected chi connectivity index (χ3v) is 6.25. The van der Waals surface area contributed by atoms with Crippen molar-refractivity contribution < 1.29 is 9.13 Å². The molecule has 2 aromatic carbocycles. The molecule has 0 spiro atoms. The fraction of sp³-hybridized carbons (Fsp3) is 0.154. The van der Waals surface area contributed by atoms with Crippen molar-refractivity contribution in [2.75, 3.05) is 7.11 Å². The summed E-state index contributed by atoms with van der Waals surface area (Å²) in [5.74, 6) is 0.553. The number of benzene rings is 2. The maximum absolute atomic E-state index is 13.6. The SMILES string of the molecule is COc1ccc(CN2C(=S)NC(c3ccccn3)C2c2cccn2-c2ccc(F)cc2)cc1. The zero-order chi connectivity index (χ0) is 22.8. The highest BCUT2D eigenvalue weighted by molar-refractivity contribution is 7.80. The van der Waals surface area contributed by atoms with Gasteiger partial charge in [-0.25, -0.2) is 4.39 Å². The minimum atomic E-state index is -0.260. The molecule has 5 rings (SSSR count). The first-order chi connectivity index (χ1) is 16.1. The van der Waals surface area contributed by atoms with E-state index in [1.54, 1.807) is 25.4 Å². The Morgan fingerprint density at radius 1 is 1.00 bits per heavy atom. The van der Waals surface area contributed by atoms with Gasteiger partial charge in [-0.2, -0.15) is 0 Å². The molecular formula is C26H23FN4OS. The molecule has 7 heteroatoms.